The maximum atomic E-state index is 2.31. The van der Waals surface area contributed by atoms with Gasteiger partial charge in [0.25, 0.3) is 0 Å². The quantitative estimate of drug-likeness (QED) is 0.436. The summed E-state index contributed by atoms with van der Waals surface area (Å²) in [4.78, 5) is 0. The Morgan fingerprint density at radius 3 is 3.25 bits per heavy atom. The van der Waals surface area contributed by atoms with Gasteiger partial charge in [-0.25, -0.2) is 0 Å². The zero-order valence-electron chi connectivity index (χ0n) is 5.15. The summed E-state index contributed by atoms with van der Waals surface area (Å²) in [5, 5.41) is 0. The molecule has 1 aliphatic rings. The predicted octanol–water partition coefficient (Wildman–Crippen LogP) is 2.18. The molecule has 0 fully saturated rings. The van der Waals surface area contributed by atoms with Gasteiger partial charge in [-0.05, 0) is 19.2 Å². The summed E-state index contributed by atoms with van der Waals surface area (Å²) in [7, 11) is 1.12. The largest absolute Gasteiger partial charge is 0.114 e. The molecule has 0 aromatic rings. The first-order valence-corrected chi connectivity index (χ1v) is 4.35. The molecule has 0 aromatic heterocycles. The lowest BCUT2D eigenvalue weighted by atomic mass is 10.3. The first-order chi connectivity index (χ1) is 3.89. The van der Waals surface area contributed by atoms with Crippen molar-refractivity contribution in [3.05, 3.63) is 23.8 Å². The molecule has 0 N–H and O–H groups in total. The van der Waals surface area contributed by atoms with E-state index in [0.717, 1.165) is 8.58 Å². The van der Waals surface area contributed by atoms with Gasteiger partial charge in [0.2, 0.25) is 0 Å². The van der Waals surface area contributed by atoms with E-state index in [2.05, 4.69) is 25.2 Å². The van der Waals surface area contributed by atoms with Crippen molar-refractivity contribution >= 4 is 8.58 Å². The molecule has 0 radical (unpaired) electrons. The van der Waals surface area contributed by atoms with Crippen molar-refractivity contribution < 1.29 is 0 Å². The van der Waals surface area contributed by atoms with E-state index in [1.165, 1.54) is 17.9 Å². The second-order valence-electron chi connectivity index (χ2n) is 2.01. The second kappa shape index (κ2) is 3.04. The van der Waals surface area contributed by atoms with Gasteiger partial charge in [-0.15, -0.1) is 8.58 Å². The van der Waals surface area contributed by atoms with Gasteiger partial charge in [-0.1, -0.05) is 23.8 Å². The molecular weight excluding hydrogens is 115 g/mol. The molecule has 0 saturated heterocycles. The monoisotopic (exact) mass is 126 g/mol. The summed E-state index contributed by atoms with van der Waals surface area (Å²) in [5.74, 6) is 0. The molecule has 0 bridgehead atoms. The third-order valence-corrected chi connectivity index (χ3v) is 2.23. The smallest absolute Gasteiger partial charge is 0.0164 e. The van der Waals surface area contributed by atoms with Crippen LogP contribution in [0.15, 0.2) is 23.8 Å². The van der Waals surface area contributed by atoms with Gasteiger partial charge in [0.15, 0.2) is 0 Å². The first-order valence-electron chi connectivity index (χ1n) is 2.93. The maximum absolute atomic E-state index is 2.31. The Hall–Kier alpha value is -0.0900. The van der Waals surface area contributed by atoms with Crippen molar-refractivity contribution in [2.24, 2.45) is 0 Å². The molecule has 1 rings (SSSR count). The van der Waals surface area contributed by atoms with Gasteiger partial charge in [0.05, 0.1) is 0 Å². The highest BCUT2D eigenvalue weighted by Gasteiger charge is 1.87. The van der Waals surface area contributed by atoms with Gasteiger partial charge < -0.3 is 0 Å². The second-order valence-corrected chi connectivity index (χ2v) is 3.33. The summed E-state index contributed by atoms with van der Waals surface area (Å²) in [5.41, 5.74) is 1.43. The lowest BCUT2D eigenvalue weighted by Crippen LogP contribution is -1.66. The van der Waals surface area contributed by atoms with Gasteiger partial charge >= 0.3 is 0 Å². The Bertz CT molecular complexity index is 122. The average molecular weight is 126 g/mol. The van der Waals surface area contributed by atoms with Crippen LogP contribution >= 0.6 is 8.58 Å². The van der Waals surface area contributed by atoms with Crippen molar-refractivity contribution in [3.8, 4) is 0 Å². The highest BCUT2D eigenvalue weighted by molar-refractivity contribution is 7.38. The highest BCUT2D eigenvalue weighted by atomic mass is 31.1. The minimum atomic E-state index is 1.12. The van der Waals surface area contributed by atoms with E-state index < -0.39 is 0 Å². The van der Waals surface area contributed by atoms with Crippen LogP contribution in [-0.2, 0) is 0 Å². The fourth-order valence-electron chi connectivity index (χ4n) is 0.713. The van der Waals surface area contributed by atoms with Gasteiger partial charge in [0.1, 0.15) is 0 Å². The first kappa shape index (κ1) is 6.04. The molecule has 1 atom stereocenters. The summed E-state index contributed by atoms with van der Waals surface area (Å²) in [6.45, 7) is 2.16. The third-order valence-electron chi connectivity index (χ3n) is 1.21. The number of hydrogen-bond acceptors (Lipinski definition) is 0. The fourth-order valence-corrected chi connectivity index (χ4v) is 1.63. The Kier molecular flexibility index (Phi) is 2.29. The minimum absolute atomic E-state index is 1.12. The SMILES string of the molecule is CC1=CCPCC=C1. The standard InChI is InChI=1S/C7H11P/c1-7-3-2-5-8-6-4-7/h2-4,8H,5-6H2,1H3. The van der Waals surface area contributed by atoms with Crippen molar-refractivity contribution in [3.63, 3.8) is 0 Å². The van der Waals surface area contributed by atoms with Gasteiger partial charge in [-0.3, -0.25) is 0 Å². The van der Waals surface area contributed by atoms with E-state index in [1.54, 1.807) is 0 Å². The topological polar surface area (TPSA) is 0 Å². The van der Waals surface area contributed by atoms with E-state index in [4.69, 9.17) is 0 Å². The Labute approximate surface area is 52.5 Å². The summed E-state index contributed by atoms with van der Waals surface area (Å²) in [6.07, 6.45) is 9.35. The van der Waals surface area contributed by atoms with Crippen molar-refractivity contribution in [1.29, 1.82) is 0 Å². The van der Waals surface area contributed by atoms with Crippen LogP contribution in [0.5, 0.6) is 0 Å². The van der Waals surface area contributed by atoms with Gasteiger partial charge in [-0.2, -0.15) is 0 Å². The molecule has 0 saturated carbocycles. The molecule has 0 aliphatic carbocycles. The van der Waals surface area contributed by atoms with Crippen molar-refractivity contribution in [2.45, 2.75) is 6.92 Å². The highest BCUT2D eigenvalue weighted by Crippen LogP contribution is 2.14. The normalized spacial score (nSPS) is 22.9. The Morgan fingerprint density at radius 2 is 2.38 bits per heavy atom. The Balaban J connectivity index is 2.55. The number of rotatable bonds is 0. The van der Waals surface area contributed by atoms with Crippen LogP contribution in [0.25, 0.3) is 0 Å². The minimum Gasteiger partial charge on any atom is -0.114 e. The number of allylic oxidation sites excluding steroid dienone is 4. The van der Waals surface area contributed by atoms with Crippen LogP contribution in [0.3, 0.4) is 0 Å². The van der Waals surface area contributed by atoms with Crippen molar-refractivity contribution in [1.82, 2.24) is 0 Å². The van der Waals surface area contributed by atoms with E-state index in [1.807, 2.05) is 0 Å². The predicted molar refractivity (Wildman–Crippen MR) is 40.9 cm³/mol. The summed E-state index contributed by atoms with van der Waals surface area (Å²) in [6, 6.07) is 0. The van der Waals surface area contributed by atoms with Crippen LogP contribution in [0.2, 0.25) is 0 Å². The molecule has 0 aromatic carbocycles. The van der Waals surface area contributed by atoms with Crippen molar-refractivity contribution in [2.75, 3.05) is 12.3 Å². The van der Waals surface area contributed by atoms with Crippen LogP contribution in [-0.4, -0.2) is 12.3 Å². The maximum Gasteiger partial charge on any atom is -0.0164 e. The van der Waals surface area contributed by atoms with E-state index in [0.29, 0.717) is 0 Å². The Morgan fingerprint density at radius 1 is 1.50 bits per heavy atom. The molecule has 1 heteroatoms. The summed E-state index contributed by atoms with van der Waals surface area (Å²) >= 11 is 0. The van der Waals surface area contributed by atoms with Gasteiger partial charge in [0, 0.05) is 0 Å². The third kappa shape index (κ3) is 1.79. The summed E-state index contributed by atoms with van der Waals surface area (Å²) < 4.78 is 0. The molecule has 0 amide bonds. The molecule has 1 aliphatic heterocycles. The van der Waals surface area contributed by atoms with Crippen LogP contribution < -0.4 is 0 Å². The molecular formula is C7H11P. The van der Waals surface area contributed by atoms with E-state index in [-0.39, 0.29) is 0 Å². The van der Waals surface area contributed by atoms with E-state index in [9.17, 15) is 0 Å². The van der Waals surface area contributed by atoms with Crippen LogP contribution in [0.4, 0.5) is 0 Å². The number of hydrogen-bond donors (Lipinski definition) is 0. The van der Waals surface area contributed by atoms with Crippen LogP contribution in [0, 0.1) is 0 Å². The molecule has 1 unspecified atom stereocenters. The fraction of sp³-hybridized carbons (Fsp3) is 0.429. The molecule has 0 nitrogen and oxygen atoms in total. The molecule has 0 spiro atoms. The molecule has 1 heterocycles. The zero-order chi connectivity index (χ0) is 5.82. The van der Waals surface area contributed by atoms with Crippen LogP contribution in [0.1, 0.15) is 6.92 Å². The van der Waals surface area contributed by atoms with E-state index >= 15 is 0 Å². The average Bonchev–Trinajstić information content (AvgIpc) is 1.94. The lowest BCUT2D eigenvalue weighted by Gasteiger charge is -1.84. The lowest BCUT2D eigenvalue weighted by molar-refractivity contribution is 1.49. The molecule has 8 heavy (non-hydrogen) atoms. The zero-order valence-corrected chi connectivity index (χ0v) is 6.15. The molecule has 44 valence electrons.